The molecule has 0 radical (unpaired) electrons. The summed E-state index contributed by atoms with van der Waals surface area (Å²) in [5.74, 6) is 1.19. The number of hydrogen-bond donors (Lipinski definition) is 1. The summed E-state index contributed by atoms with van der Waals surface area (Å²) in [6.45, 7) is 5.54. The van der Waals surface area contributed by atoms with Gasteiger partial charge >= 0.3 is 0 Å². The lowest BCUT2D eigenvalue weighted by Gasteiger charge is -2.09. The third-order valence-electron chi connectivity index (χ3n) is 4.92. The predicted octanol–water partition coefficient (Wildman–Crippen LogP) is 5.75. The molecular weight excluding hydrogens is 358 g/mol. The second-order valence-electron chi connectivity index (χ2n) is 7.56. The van der Waals surface area contributed by atoms with Crippen LogP contribution in [0, 0.1) is 0 Å². The van der Waals surface area contributed by atoms with E-state index >= 15 is 0 Å². The zero-order valence-electron chi connectivity index (χ0n) is 17.2. The molecule has 0 unspecified atom stereocenters. The molecular formula is C26H29NO2. The van der Waals surface area contributed by atoms with Gasteiger partial charge in [0, 0.05) is 12.1 Å². The highest BCUT2D eigenvalue weighted by molar-refractivity contribution is 5.94. The van der Waals surface area contributed by atoms with Gasteiger partial charge in [-0.1, -0.05) is 74.5 Å². The first-order valence-corrected chi connectivity index (χ1v) is 10.3. The van der Waals surface area contributed by atoms with E-state index in [4.69, 9.17) is 4.74 Å². The van der Waals surface area contributed by atoms with Gasteiger partial charge in [0.2, 0.25) is 0 Å². The summed E-state index contributed by atoms with van der Waals surface area (Å²) in [6, 6.07) is 26.1. The lowest BCUT2D eigenvalue weighted by molar-refractivity contribution is 0.0952. The summed E-state index contributed by atoms with van der Waals surface area (Å²) in [5, 5.41) is 3.01. The van der Waals surface area contributed by atoms with Crippen LogP contribution in [0.5, 0.6) is 5.75 Å². The van der Waals surface area contributed by atoms with E-state index < -0.39 is 0 Å². The summed E-state index contributed by atoms with van der Waals surface area (Å²) in [7, 11) is 0. The van der Waals surface area contributed by atoms with Gasteiger partial charge in [0.15, 0.2) is 0 Å². The van der Waals surface area contributed by atoms with E-state index in [0.717, 1.165) is 18.4 Å². The van der Waals surface area contributed by atoms with E-state index in [2.05, 4.69) is 43.4 Å². The number of amides is 1. The fourth-order valence-electron chi connectivity index (χ4n) is 3.13. The highest BCUT2D eigenvalue weighted by atomic mass is 16.5. The van der Waals surface area contributed by atoms with Crippen molar-refractivity contribution in [2.24, 2.45) is 0 Å². The zero-order valence-corrected chi connectivity index (χ0v) is 17.2. The molecule has 3 heteroatoms. The predicted molar refractivity (Wildman–Crippen MR) is 118 cm³/mol. The Morgan fingerprint density at radius 2 is 1.66 bits per heavy atom. The molecule has 0 fully saturated rings. The first kappa shape index (κ1) is 20.7. The molecule has 29 heavy (non-hydrogen) atoms. The summed E-state index contributed by atoms with van der Waals surface area (Å²) in [4.78, 5) is 12.4. The maximum Gasteiger partial charge on any atom is 0.251 e. The molecule has 1 N–H and O–H groups in total. The van der Waals surface area contributed by atoms with Gasteiger partial charge in [0.1, 0.15) is 12.4 Å². The van der Waals surface area contributed by atoms with Crippen LogP contribution >= 0.6 is 0 Å². The Bertz CT molecular complexity index is 902. The highest BCUT2D eigenvalue weighted by Crippen LogP contribution is 2.16. The van der Waals surface area contributed by atoms with E-state index in [1.165, 1.54) is 11.1 Å². The Balaban J connectivity index is 1.44. The molecule has 0 aliphatic carbocycles. The van der Waals surface area contributed by atoms with Gasteiger partial charge in [-0.25, -0.2) is 0 Å². The maximum absolute atomic E-state index is 12.4. The van der Waals surface area contributed by atoms with Crippen LogP contribution in [-0.2, 0) is 13.0 Å². The smallest absolute Gasteiger partial charge is 0.251 e. The van der Waals surface area contributed by atoms with Gasteiger partial charge in [0.05, 0.1) is 0 Å². The number of rotatable bonds is 9. The minimum Gasteiger partial charge on any atom is -0.489 e. The molecule has 0 atom stereocenters. The highest BCUT2D eigenvalue weighted by Gasteiger charge is 2.07. The van der Waals surface area contributed by atoms with Crippen LogP contribution in [0.15, 0.2) is 78.9 Å². The molecule has 0 aromatic heterocycles. The Kier molecular flexibility index (Phi) is 7.46. The topological polar surface area (TPSA) is 38.3 Å². The van der Waals surface area contributed by atoms with Crippen molar-refractivity contribution in [1.29, 1.82) is 0 Å². The Labute approximate surface area is 173 Å². The van der Waals surface area contributed by atoms with Crippen molar-refractivity contribution in [3.8, 4) is 5.75 Å². The molecule has 0 aliphatic rings. The number of aryl methyl sites for hydroxylation is 1. The molecule has 0 spiro atoms. The van der Waals surface area contributed by atoms with Crippen molar-refractivity contribution in [1.82, 2.24) is 5.32 Å². The minimum atomic E-state index is -0.0645. The summed E-state index contributed by atoms with van der Waals surface area (Å²) in [6.07, 6.45) is 1.87. The number of benzene rings is 3. The van der Waals surface area contributed by atoms with Crippen LogP contribution in [0.4, 0.5) is 0 Å². The van der Waals surface area contributed by atoms with Crippen LogP contribution in [-0.4, -0.2) is 12.5 Å². The quantitative estimate of drug-likeness (QED) is 0.475. The first-order chi connectivity index (χ1) is 14.1. The third-order valence-corrected chi connectivity index (χ3v) is 4.92. The van der Waals surface area contributed by atoms with E-state index in [1.54, 1.807) is 6.07 Å². The lowest BCUT2D eigenvalue weighted by Crippen LogP contribution is -2.24. The molecule has 0 saturated heterocycles. The molecule has 0 saturated carbocycles. The molecule has 150 valence electrons. The second-order valence-corrected chi connectivity index (χ2v) is 7.56. The Morgan fingerprint density at radius 1 is 0.897 bits per heavy atom. The Hall–Kier alpha value is -3.07. The lowest BCUT2D eigenvalue weighted by atomic mass is 10.0. The number of hydrogen-bond acceptors (Lipinski definition) is 2. The van der Waals surface area contributed by atoms with Gasteiger partial charge < -0.3 is 10.1 Å². The first-order valence-electron chi connectivity index (χ1n) is 10.3. The van der Waals surface area contributed by atoms with E-state index in [9.17, 15) is 4.79 Å². The van der Waals surface area contributed by atoms with Gasteiger partial charge in [-0.15, -0.1) is 0 Å². The zero-order chi connectivity index (χ0) is 20.5. The maximum atomic E-state index is 12.4. The van der Waals surface area contributed by atoms with Gasteiger partial charge in [0.25, 0.3) is 5.91 Å². The van der Waals surface area contributed by atoms with Crippen molar-refractivity contribution in [2.75, 3.05) is 6.54 Å². The summed E-state index contributed by atoms with van der Waals surface area (Å²) in [5.41, 5.74) is 4.39. The van der Waals surface area contributed by atoms with E-state index in [-0.39, 0.29) is 5.91 Å². The van der Waals surface area contributed by atoms with Crippen LogP contribution in [0.2, 0.25) is 0 Å². The van der Waals surface area contributed by atoms with E-state index in [1.807, 2.05) is 48.5 Å². The largest absolute Gasteiger partial charge is 0.489 e. The van der Waals surface area contributed by atoms with Gasteiger partial charge in [-0.05, 0) is 53.6 Å². The van der Waals surface area contributed by atoms with Crippen molar-refractivity contribution >= 4 is 5.91 Å². The van der Waals surface area contributed by atoms with Crippen LogP contribution < -0.4 is 10.1 Å². The van der Waals surface area contributed by atoms with Crippen LogP contribution in [0.25, 0.3) is 0 Å². The normalized spacial score (nSPS) is 10.7. The molecule has 1 amide bonds. The average Bonchev–Trinajstić information content (AvgIpc) is 2.76. The van der Waals surface area contributed by atoms with Crippen molar-refractivity contribution in [2.45, 2.75) is 39.2 Å². The average molecular weight is 388 g/mol. The number of ether oxygens (including phenoxy) is 1. The third kappa shape index (κ3) is 6.49. The summed E-state index contributed by atoms with van der Waals surface area (Å²) < 4.78 is 5.81. The number of carbonyl (C=O) groups excluding carboxylic acids is 1. The number of carbonyl (C=O) groups is 1. The molecule has 0 heterocycles. The molecule has 3 nitrogen and oxygen atoms in total. The molecule has 3 rings (SSSR count). The molecule has 3 aromatic rings. The molecule has 0 aliphatic heterocycles. The molecule has 0 bridgehead atoms. The summed E-state index contributed by atoms with van der Waals surface area (Å²) >= 11 is 0. The number of nitrogens with one attached hydrogen (secondary N) is 1. The van der Waals surface area contributed by atoms with Gasteiger partial charge in [-0.3, -0.25) is 4.79 Å². The van der Waals surface area contributed by atoms with Crippen LogP contribution in [0.3, 0.4) is 0 Å². The minimum absolute atomic E-state index is 0.0645. The molecule has 3 aromatic carbocycles. The van der Waals surface area contributed by atoms with Crippen molar-refractivity contribution in [3.63, 3.8) is 0 Å². The SMILES string of the molecule is CC(C)c1ccc(CCCNC(=O)c2cccc(OCc3ccccc3)c2)cc1. The van der Waals surface area contributed by atoms with Crippen molar-refractivity contribution in [3.05, 3.63) is 101 Å². The van der Waals surface area contributed by atoms with Gasteiger partial charge in [-0.2, -0.15) is 0 Å². The van der Waals surface area contributed by atoms with E-state index in [0.29, 0.717) is 30.4 Å². The fourth-order valence-corrected chi connectivity index (χ4v) is 3.13. The fraction of sp³-hybridized carbons (Fsp3) is 0.269. The monoisotopic (exact) mass is 387 g/mol. The van der Waals surface area contributed by atoms with Crippen molar-refractivity contribution < 1.29 is 9.53 Å². The second kappa shape index (κ2) is 10.5. The van der Waals surface area contributed by atoms with Crippen LogP contribution in [0.1, 0.15) is 53.2 Å². The standard InChI is InChI=1S/C26H29NO2/c1-20(2)23-15-13-21(14-16-23)10-7-17-27-26(28)24-11-6-12-25(18-24)29-19-22-8-4-3-5-9-22/h3-6,8-9,11-16,18,20H,7,10,17,19H2,1-2H3,(H,27,28). The Morgan fingerprint density at radius 3 is 2.38 bits per heavy atom.